The predicted octanol–water partition coefficient (Wildman–Crippen LogP) is 2.57. The summed E-state index contributed by atoms with van der Waals surface area (Å²) in [5.74, 6) is -1.32. The van der Waals surface area contributed by atoms with E-state index in [9.17, 15) is 23.1 Å². The van der Waals surface area contributed by atoms with Gasteiger partial charge in [-0.15, -0.1) is 0 Å². The van der Waals surface area contributed by atoms with Crippen molar-refractivity contribution in [3.63, 3.8) is 0 Å². The highest BCUT2D eigenvalue weighted by atomic mass is 19.4. The number of urea groups is 1. The van der Waals surface area contributed by atoms with Crippen molar-refractivity contribution in [3.8, 4) is 0 Å². The van der Waals surface area contributed by atoms with E-state index in [1.54, 1.807) is 0 Å². The molecule has 122 valence electrons. The zero-order valence-corrected chi connectivity index (χ0v) is 12.2. The quantitative estimate of drug-likeness (QED) is 0.747. The molecule has 0 spiro atoms. The van der Waals surface area contributed by atoms with Gasteiger partial charge in [-0.2, -0.15) is 13.2 Å². The Morgan fingerprint density at radius 3 is 2.57 bits per heavy atom. The third-order valence-electron chi connectivity index (χ3n) is 4.95. The van der Waals surface area contributed by atoms with Crippen LogP contribution in [-0.2, 0) is 0 Å². The molecule has 0 aromatic carbocycles. The third kappa shape index (κ3) is 4.02. The molecule has 7 heteroatoms. The summed E-state index contributed by atoms with van der Waals surface area (Å²) in [4.78, 5) is 11.9. The molecule has 0 heterocycles. The number of nitrogens with one attached hydrogen (secondary N) is 2. The maximum Gasteiger partial charge on any atom is 0.391 e. The molecule has 3 atom stereocenters. The van der Waals surface area contributed by atoms with E-state index in [1.807, 2.05) is 6.92 Å². The second-order valence-corrected chi connectivity index (χ2v) is 6.46. The molecule has 2 aliphatic carbocycles. The summed E-state index contributed by atoms with van der Waals surface area (Å²) in [5.41, 5.74) is -0.238. The summed E-state index contributed by atoms with van der Waals surface area (Å²) in [5, 5.41) is 14.7. The molecule has 4 nitrogen and oxygen atoms in total. The highest BCUT2D eigenvalue weighted by Crippen LogP contribution is 2.48. The molecule has 0 aromatic rings. The van der Waals surface area contributed by atoms with Crippen LogP contribution >= 0.6 is 0 Å². The van der Waals surface area contributed by atoms with Gasteiger partial charge in [0.15, 0.2) is 0 Å². The number of rotatable bonds is 4. The number of amides is 2. The Bertz CT molecular complexity index is 383. The lowest BCUT2D eigenvalue weighted by molar-refractivity contribution is -0.183. The molecule has 21 heavy (non-hydrogen) atoms. The molecule has 2 amide bonds. The van der Waals surface area contributed by atoms with E-state index in [-0.39, 0.29) is 30.9 Å². The van der Waals surface area contributed by atoms with Crippen LogP contribution < -0.4 is 10.6 Å². The molecule has 0 radical (unpaired) electrons. The molecular formula is C14H23F3N2O2. The Morgan fingerprint density at radius 2 is 2.05 bits per heavy atom. The number of alkyl halides is 3. The summed E-state index contributed by atoms with van der Waals surface area (Å²) in [6.07, 6.45) is -1.29. The Balaban J connectivity index is 1.80. The molecule has 2 aliphatic rings. The predicted molar refractivity (Wildman–Crippen MR) is 71.7 cm³/mol. The average Bonchev–Trinajstić information content (AvgIpc) is 3.18. The van der Waals surface area contributed by atoms with E-state index in [0.717, 1.165) is 12.8 Å². The second-order valence-electron chi connectivity index (χ2n) is 6.46. The fourth-order valence-corrected chi connectivity index (χ4v) is 3.08. The lowest BCUT2D eigenvalue weighted by Crippen LogP contribution is -2.50. The van der Waals surface area contributed by atoms with Crippen LogP contribution in [0.3, 0.4) is 0 Å². The summed E-state index contributed by atoms with van der Waals surface area (Å²) >= 11 is 0. The molecule has 2 saturated carbocycles. The first kappa shape index (κ1) is 16.4. The van der Waals surface area contributed by atoms with Crippen molar-refractivity contribution in [1.82, 2.24) is 10.6 Å². The number of carbonyl (C=O) groups excluding carboxylic acids is 1. The van der Waals surface area contributed by atoms with Gasteiger partial charge in [0.25, 0.3) is 0 Å². The molecule has 0 bridgehead atoms. The van der Waals surface area contributed by atoms with E-state index < -0.39 is 24.2 Å². The fraction of sp³-hybridized carbons (Fsp3) is 0.929. The van der Waals surface area contributed by atoms with E-state index in [2.05, 4.69) is 10.6 Å². The van der Waals surface area contributed by atoms with Gasteiger partial charge >= 0.3 is 12.2 Å². The van der Waals surface area contributed by atoms with Gasteiger partial charge in [-0.25, -0.2) is 4.79 Å². The van der Waals surface area contributed by atoms with Gasteiger partial charge < -0.3 is 15.7 Å². The third-order valence-corrected chi connectivity index (χ3v) is 4.95. The van der Waals surface area contributed by atoms with Crippen molar-refractivity contribution >= 4 is 6.03 Å². The van der Waals surface area contributed by atoms with E-state index in [0.29, 0.717) is 12.8 Å². The number of carbonyl (C=O) groups is 1. The molecule has 0 saturated heterocycles. The number of aliphatic hydroxyl groups is 1. The van der Waals surface area contributed by atoms with Gasteiger partial charge in [-0.3, -0.25) is 0 Å². The lowest BCUT2D eigenvalue weighted by Gasteiger charge is -2.31. The maximum absolute atomic E-state index is 12.7. The van der Waals surface area contributed by atoms with Crippen LogP contribution in [0.25, 0.3) is 0 Å². The Morgan fingerprint density at radius 1 is 1.38 bits per heavy atom. The van der Waals surface area contributed by atoms with Crippen molar-refractivity contribution in [3.05, 3.63) is 0 Å². The Labute approximate surface area is 122 Å². The van der Waals surface area contributed by atoms with Gasteiger partial charge in [-0.05, 0) is 39.0 Å². The normalized spacial score (nSPS) is 29.6. The largest absolute Gasteiger partial charge is 0.396 e. The van der Waals surface area contributed by atoms with Crippen molar-refractivity contribution in [2.45, 2.75) is 63.7 Å². The van der Waals surface area contributed by atoms with Gasteiger partial charge in [0.2, 0.25) is 0 Å². The minimum atomic E-state index is -4.18. The van der Waals surface area contributed by atoms with Crippen LogP contribution in [0.5, 0.6) is 0 Å². The molecule has 0 aromatic heterocycles. The molecule has 2 fully saturated rings. The van der Waals surface area contributed by atoms with Crippen LogP contribution in [0.15, 0.2) is 0 Å². The molecular weight excluding hydrogens is 285 g/mol. The number of hydrogen-bond donors (Lipinski definition) is 3. The van der Waals surface area contributed by atoms with Crippen molar-refractivity contribution in [2.24, 2.45) is 11.3 Å². The minimum Gasteiger partial charge on any atom is -0.396 e. The first-order valence-electron chi connectivity index (χ1n) is 7.51. The highest BCUT2D eigenvalue weighted by molar-refractivity contribution is 5.74. The van der Waals surface area contributed by atoms with Crippen LogP contribution in [0.2, 0.25) is 0 Å². The average molecular weight is 308 g/mol. The van der Waals surface area contributed by atoms with Gasteiger partial charge in [0.05, 0.1) is 12.5 Å². The monoisotopic (exact) mass is 308 g/mol. The van der Waals surface area contributed by atoms with E-state index in [4.69, 9.17) is 0 Å². The van der Waals surface area contributed by atoms with Gasteiger partial charge in [0.1, 0.15) is 0 Å². The van der Waals surface area contributed by atoms with Crippen LogP contribution in [-0.4, -0.2) is 36.0 Å². The topological polar surface area (TPSA) is 61.4 Å². The zero-order valence-electron chi connectivity index (χ0n) is 12.2. The summed E-state index contributed by atoms with van der Waals surface area (Å²) in [6, 6.07) is -1.04. The standard InChI is InChI=1S/C14H23F3N2O2/c1-9(13(8-20)5-6-13)18-12(21)19-11-4-2-3-10(7-11)14(15,16)17/h9-11,20H,2-8H2,1H3,(H2,18,19,21). The molecule has 3 N–H and O–H groups in total. The summed E-state index contributed by atoms with van der Waals surface area (Å²) < 4.78 is 38.1. The van der Waals surface area contributed by atoms with Gasteiger partial charge in [0, 0.05) is 17.5 Å². The minimum absolute atomic E-state index is 0.0218. The van der Waals surface area contributed by atoms with E-state index >= 15 is 0 Å². The summed E-state index contributed by atoms with van der Waals surface area (Å²) in [7, 11) is 0. The first-order chi connectivity index (χ1) is 9.77. The first-order valence-corrected chi connectivity index (χ1v) is 7.51. The highest BCUT2D eigenvalue weighted by Gasteiger charge is 2.47. The maximum atomic E-state index is 12.7. The zero-order chi connectivity index (χ0) is 15.7. The van der Waals surface area contributed by atoms with Crippen molar-refractivity contribution in [1.29, 1.82) is 0 Å². The lowest BCUT2D eigenvalue weighted by atomic mass is 9.85. The SMILES string of the molecule is CC(NC(=O)NC1CCCC(C(F)(F)F)C1)C1(CO)CC1. The fourth-order valence-electron chi connectivity index (χ4n) is 3.08. The van der Waals surface area contributed by atoms with Crippen LogP contribution in [0.1, 0.15) is 45.4 Å². The van der Waals surface area contributed by atoms with Crippen LogP contribution in [0, 0.1) is 11.3 Å². The van der Waals surface area contributed by atoms with Gasteiger partial charge in [-0.1, -0.05) is 6.42 Å². The Kier molecular flexibility index (Phi) is 4.70. The van der Waals surface area contributed by atoms with E-state index in [1.165, 1.54) is 0 Å². The number of halogens is 3. The molecule has 0 aliphatic heterocycles. The Hall–Kier alpha value is -0.980. The number of hydrogen-bond acceptors (Lipinski definition) is 2. The smallest absolute Gasteiger partial charge is 0.391 e. The molecule has 2 rings (SSSR count). The summed E-state index contributed by atoms with van der Waals surface area (Å²) in [6.45, 7) is 1.84. The second kappa shape index (κ2) is 6.02. The van der Waals surface area contributed by atoms with Crippen molar-refractivity contribution in [2.75, 3.05) is 6.61 Å². The van der Waals surface area contributed by atoms with Crippen LogP contribution in [0.4, 0.5) is 18.0 Å². The van der Waals surface area contributed by atoms with Crippen molar-refractivity contribution < 1.29 is 23.1 Å². The molecule has 3 unspecified atom stereocenters. The number of aliphatic hydroxyl groups excluding tert-OH is 1.